The molecule has 3 nitrogen and oxygen atoms in total. The minimum absolute atomic E-state index is 0.587. The highest BCUT2D eigenvalue weighted by Gasteiger charge is 2.17. The summed E-state index contributed by atoms with van der Waals surface area (Å²) in [5.74, 6) is 1.48. The number of pyridine rings is 1. The van der Waals surface area contributed by atoms with Gasteiger partial charge in [0.05, 0.1) is 0 Å². The van der Waals surface area contributed by atoms with Crippen LogP contribution < -0.4 is 11.1 Å². The van der Waals surface area contributed by atoms with Crippen molar-refractivity contribution in [2.45, 2.75) is 38.6 Å². The van der Waals surface area contributed by atoms with E-state index in [-0.39, 0.29) is 0 Å². The first-order chi connectivity index (χ1) is 7.24. The molecule has 0 radical (unpaired) electrons. The van der Waals surface area contributed by atoms with Gasteiger partial charge in [0.1, 0.15) is 5.82 Å². The predicted octanol–water partition coefficient (Wildman–Crippen LogP) is 2.65. The first kappa shape index (κ1) is 10.3. The molecule has 15 heavy (non-hydrogen) atoms. The zero-order chi connectivity index (χ0) is 10.7. The molecule has 82 valence electrons. The zero-order valence-corrected chi connectivity index (χ0v) is 9.24. The number of aromatic nitrogens is 1. The zero-order valence-electron chi connectivity index (χ0n) is 9.24. The Kier molecular flexibility index (Phi) is 3.09. The van der Waals surface area contributed by atoms with Crippen LogP contribution >= 0.6 is 0 Å². The van der Waals surface area contributed by atoms with E-state index in [4.69, 9.17) is 5.73 Å². The fraction of sp³-hybridized carbons (Fsp3) is 0.583. The van der Waals surface area contributed by atoms with E-state index < -0.39 is 0 Å². The molecule has 3 heteroatoms. The molecule has 0 spiro atoms. The molecule has 3 N–H and O–H groups in total. The van der Waals surface area contributed by atoms with Crippen molar-refractivity contribution >= 4 is 11.5 Å². The maximum absolute atomic E-state index is 5.63. The minimum atomic E-state index is 0.587. The molecule has 0 aromatic carbocycles. The summed E-state index contributed by atoms with van der Waals surface area (Å²) in [5, 5.41) is 3.52. The highest BCUT2D eigenvalue weighted by molar-refractivity contribution is 5.50. The summed E-state index contributed by atoms with van der Waals surface area (Å²) >= 11 is 0. The van der Waals surface area contributed by atoms with Crippen molar-refractivity contribution in [3.63, 3.8) is 0 Å². The molecule has 1 aromatic heterocycles. The SMILES string of the molecule is CC1CCC(Nc2ccnc(N)c2)CC1. The number of anilines is 2. The van der Waals surface area contributed by atoms with Crippen LogP contribution in [0.2, 0.25) is 0 Å². The van der Waals surface area contributed by atoms with E-state index in [2.05, 4.69) is 17.2 Å². The summed E-state index contributed by atoms with van der Waals surface area (Å²) in [6.45, 7) is 2.33. The number of nitrogen functional groups attached to an aromatic ring is 1. The van der Waals surface area contributed by atoms with Gasteiger partial charge in [-0.25, -0.2) is 4.98 Å². The Morgan fingerprint density at radius 3 is 2.73 bits per heavy atom. The summed E-state index contributed by atoms with van der Waals surface area (Å²) in [7, 11) is 0. The van der Waals surface area contributed by atoms with Gasteiger partial charge in [-0.15, -0.1) is 0 Å². The van der Waals surface area contributed by atoms with E-state index in [1.165, 1.54) is 25.7 Å². The molecule has 0 unspecified atom stereocenters. The Labute approximate surface area is 91.1 Å². The van der Waals surface area contributed by atoms with Crippen LogP contribution in [-0.2, 0) is 0 Å². The minimum Gasteiger partial charge on any atom is -0.384 e. The summed E-state index contributed by atoms with van der Waals surface area (Å²) in [5.41, 5.74) is 6.73. The normalized spacial score (nSPS) is 26.2. The number of hydrogen-bond donors (Lipinski definition) is 2. The van der Waals surface area contributed by atoms with Gasteiger partial charge >= 0.3 is 0 Å². The lowest BCUT2D eigenvalue weighted by Crippen LogP contribution is -2.25. The number of hydrogen-bond acceptors (Lipinski definition) is 3. The number of nitrogens with two attached hydrogens (primary N) is 1. The number of nitrogens with zero attached hydrogens (tertiary/aromatic N) is 1. The highest BCUT2D eigenvalue weighted by atomic mass is 14.9. The Bertz CT molecular complexity index is 316. The van der Waals surface area contributed by atoms with Crippen LogP contribution in [-0.4, -0.2) is 11.0 Å². The highest BCUT2D eigenvalue weighted by Crippen LogP contribution is 2.26. The molecule has 0 atom stereocenters. The summed E-state index contributed by atoms with van der Waals surface area (Å²) in [6, 6.07) is 4.50. The fourth-order valence-electron chi connectivity index (χ4n) is 2.18. The average molecular weight is 205 g/mol. The number of nitrogens with one attached hydrogen (secondary N) is 1. The van der Waals surface area contributed by atoms with Crippen molar-refractivity contribution in [1.29, 1.82) is 0 Å². The van der Waals surface area contributed by atoms with Crippen LogP contribution in [0.4, 0.5) is 11.5 Å². The molecule has 2 rings (SSSR count). The van der Waals surface area contributed by atoms with Gasteiger partial charge < -0.3 is 11.1 Å². The van der Waals surface area contributed by atoms with Crippen LogP contribution in [0.1, 0.15) is 32.6 Å². The molecule has 0 saturated heterocycles. The van der Waals surface area contributed by atoms with E-state index in [1.807, 2.05) is 12.1 Å². The van der Waals surface area contributed by atoms with Gasteiger partial charge in [0.2, 0.25) is 0 Å². The van der Waals surface area contributed by atoms with Gasteiger partial charge in [0.15, 0.2) is 0 Å². The molecule has 0 amide bonds. The Balaban J connectivity index is 1.92. The Morgan fingerprint density at radius 2 is 2.07 bits per heavy atom. The van der Waals surface area contributed by atoms with Crippen LogP contribution in [0.15, 0.2) is 18.3 Å². The summed E-state index contributed by atoms with van der Waals surface area (Å²) < 4.78 is 0. The maximum atomic E-state index is 5.63. The maximum Gasteiger partial charge on any atom is 0.125 e. The van der Waals surface area contributed by atoms with Gasteiger partial charge in [0.25, 0.3) is 0 Å². The van der Waals surface area contributed by atoms with E-state index in [0.717, 1.165) is 11.6 Å². The lowest BCUT2D eigenvalue weighted by Gasteiger charge is -2.27. The van der Waals surface area contributed by atoms with Crippen molar-refractivity contribution in [1.82, 2.24) is 4.98 Å². The van der Waals surface area contributed by atoms with Gasteiger partial charge in [0, 0.05) is 24.0 Å². The molecule has 0 aliphatic heterocycles. The first-order valence-corrected chi connectivity index (χ1v) is 5.72. The Hall–Kier alpha value is -1.25. The first-order valence-electron chi connectivity index (χ1n) is 5.72. The lowest BCUT2D eigenvalue weighted by atomic mass is 9.87. The molecular formula is C12H19N3. The van der Waals surface area contributed by atoms with Crippen molar-refractivity contribution in [3.05, 3.63) is 18.3 Å². The quantitative estimate of drug-likeness (QED) is 0.780. The van der Waals surface area contributed by atoms with Crippen LogP contribution in [0.5, 0.6) is 0 Å². The van der Waals surface area contributed by atoms with Crippen molar-refractivity contribution in [3.8, 4) is 0 Å². The van der Waals surface area contributed by atoms with Gasteiger partial charge in [-0.1, -0.05) is 6.92 Å². The van der Waals surface area contributed by atoms with E-state index in [0.29, 0.717) is 11.9 Å². The van der Waals surface area contributed by atoms with Crippen molar-refractivity contribution in [2.75, 3.05) is 11.1 Å². The van der Waals surface area contributed by atoms with E-state index in [1.54, 1.807) is 6.20 Å². The molecule has 1 aromatic rings. The third-order valence-corrected chi connectivity index (χ3v) is 3.17. The molecule has 1 aliphatic carbocycles. The standard InChI is InChI=1S/C12H19N3/c1-9-2-4-10(5-3-9)15-11-6-7-14-12(13)8-11/h6-10H,2-5H2,1H3,(H3,13,14,15). The molecule has 1 aliphatic rings. The average Bonchev–Trinajstić information content (AvgIpc) is 2.22. The smallest absolute Gasteiger partial charge is 0.125 e. The monoisotopic (exact) mass is 205 g/mol. The van der Waals surface area contributed by atoms with Crippen molar-refractivity contribution < 1.29 is 0 Å². The second-order valence-electron chi connectivity index (χ2n) is 4.57. The molecule has 0 bridgehead atoms. The molecule has 1 fully saturated rings. The van der Waals surface area contributed by atoms with E-state index >= 15 is 0 Å². The topological polar surface area (TPSA) is 50.9 Å². The van der Waals surface area contributed by atoms with Crippen LogP contribution in [0.3, 0.4) is 0 Å². The van der Waals surface area contributed by atoms with Gasteiger partial charge in [-0.3, -0.25) is 0 Å². The predicted molar refractivity (Wildman–Crippen MR) is 63.7 cm³/mol. The second-order valence-corrected chi connectivity index (χ2v) is 4.57. The Morgan fingerprint density at radius 1 is 1.33 bits per heavy atom. The summed E-state index contributed by atoms with van der Waals surface area (Å²) in [4.78, 5) is 3.98. The third-order valence-electron chi connectivity index (χ3n) is 3.17. The van der Waals surface area contributed by atoms with Gasteiger partial charge in [-0.2, -0.15) is 0 Å². The second kappa shape index (κ2) is 4.51. The third kappa shape index (κ3) is 2.85. The largest absolute Gasteiger partial charge is 0.384 e. The van der Waals surface area contributed by atoms with E-state index in [9.17, 15) is 0 Å². The number of rotatable bonds is 2. The van der Waals surface area contributed by atoms with Crippen LogP contribution in [0, 0.1) is 5.92 Å². The summed E-state index contributed by atoms with van der Waals surface area (Å²) in [6.07, 6.45) is 6.95. The van der Waals surface area contributed by atoms with Crippen LogP contribution in [0.25, 0.3) is 0 Å². The molecular weight excluding hydrogens is 186 g/mol. The fourth-order valence-corrected chi connectivity index (χ4v) is 2.18. The molecule has 1 heterocycles. The van der Waals surface area contributed by atoms with Gasteiger partial charge in [-0.05, 0) is 37.7 Å². The molecule has 1 saturated carbocycles. The van der Waals surface area contributed by atoms with Crippen molar-refractivity contribution in [2.24, 2.45) is 5.92 Å². The lowest BCUT2D eigenvalue weighted by molar-refractivity contribution is 0.361.